The van der Waals surface area contributed by atoms with E-state index in [0.717, 1.165) is 6.08 Å². The minimum atomic E-state index is -1.03. The molecule has 0 aromatic heterocycles. The third-order valence-corrected chi connectivity index (χ3v) is 2.40. The molecule has 0 heterocycles. The summed E-state index contributed by atoms with van der Waals surface area (Å²) in [6.45, 7) is 7.02. The summed E-state index contributed by atoms with van der Waals surface area (Å²) in [5.41, 5.74) is 0.571. The van der Waals surface area contributed by atoms with Gasteiger partial charge in [0.15, 0.2) is 11.5 Å². The molecular formula is C15H20O5. The van der Waals surface area contributed by atoms with E-state index in [0.29, 0.717) is 42.6 Å². The third-order valence-electron chi connectivity index (χ3n) is 2.40. The highest BCUT2D eigenvalue weighted by atomic mass is 16.5. The Bertz CT molecular complexity index is 479. The van der Waals surface area contributed by atoms with Crippen molar-refractivity contribution in [3.05, 3.63) is 23.8 Å². The van der Waals surface area contributed by atoms with Crippen LogP contribution in [-0.4, -0.2) is 30.9 Å². The van der Waals surface area contributed by atoms with Gasteiger partial charge in [-0.2, -0.15) is 0 Å². The zero-order chi connectivity index (χ0) is 15.0. The summed E-state index contributed by atoms with van der Waals surface area (Å²) in [6.07, 6.45) is 2.51. The maximum absolute atomic E-state index is 10.7. The van der Waals surface area contributed by atoms with Gasteiger partial charge in [0.2, 0.25) is 0 Å². The Hall–Kier alpha value is -2.17. The van der Waals surface area contributed by atoms with E-state index in [-0.39, 0.29) is 0 Å². The molecule has 1 aromatic rings. The van der Waals surface area contributed by atoms with E-state index in [1.54, 1.807) is 12.1 Å². The Balaban J connectivity index is 3.34. The number of carbonyl (C=O) groups is 1. The first-order valence-electron chi connectivity index (χ1n) is 6.60. The summed E-state index contributed by atoms with van der Waals surface area (Å²) in [6, 6.07) is 3.51. The van der Waals surface area contributed by atoms with Gasteiger partial charge < -0.3 is 19.3 Å². The minimum Gasteiger partial charge on any atom is -0.493 e. The molecule has 0 atom stereocenters. The van der Waals surface area contributed by atoms with E-state index in [9.17, 15) is 4.79 Å². The molecule has 5 nitrogen and oxygen atoms in total. The van der Waals surface area contributed by atoms with Gasteiger partial charge in [-0.15, -0.1) is 0 Å². The lowest BCUT2D eigenvalue weighted by molar-refractivity contribution is -0.131. The summed E-state index contributed by atoms with van der Waals surface area (Å²) in [5.74, 6) is 0.606. The first kappa shape index (κ1) is 15.9. The van der Waals surface area contributed by atoms with Crippen molar-refractivity contribution < 1.29 is 24.1 Å². The van der Waals surface area contributed by atoms with Gasteiger partial charge in [0.25, 0.3) is 0 Å². The van der Waals surface area contributed by atoms with Crippen LogP contribution in [0.1, 0.15) is 26.3 Å². The predicted molar refractivity (Wildman–Crippen MR) is 76.6 cm³/mol. The average molecular weight is 280 g/mol. The molecule has 110 valence electrons. The Kier molecular flexibility index (Phi) is 6.43. The van der Waals surface area contributed by atoms with Crippen LogP contribution in [0.2, 0.25) is 0 Å². The molecule has 20 heavy (non-hydrogen) atoms. The van der Waals surface area contributed by atoms with Crippen LogP contribution in [0.25, 0.3) is 6.08 Å². The average Bonchev–Trinajstić information content (AvgIpc) is 2.41. The quantitative estimate of drug-likeness (QED) is 0.742. The van der Waals surface area contributed by atoms with E-state index < -0.39 is 5.97 Å². The summed E-state index contributed by atoms with van der Waals surface area (Å²) < 4.78 is 16.6. The predicted octanol–water partition coefficient (Wildman–Crippen LogP) is 2.98. The van der Waals surface area contributed by atoms with Crippen LogP contribution in [0.3, 0.4) is 0 Å². The lowest BCUT2D eigenvalue weighted by atomic mass is 10.1. The lowest BCUT2D eigenvalue weighted by Gasteiger charge is -2.16. The van der Waals surface area contributed by atoms with Gasteiger partial charge in [0.05, 0.1) is 25.4 Å². The molecule has 0 amide bonds. The highest BCUT2D eigenvalue weighted by molar-refractivity contribution is 5.87. The fourth-order valence-electron chi connectivity index (χ4n) is 1.72. The van der Waals surface area contributed by atoms with Crippen molar-refractivity contribution in [3.63, 3.8) is 0 Å². The first-order chi connectivity index (χ1) is 9.63. The van der Waals surface area contributed by atoms with Gasteiger partial charge in [0.1, 0.15) is 5.75 Å². The van der Waals surface area contributed by atoms with Gasteiger partial charge in [-0.05, 0) is 39.0 Å². The second-order valence-electron chi connectivity index (χ2n) is 3.78. The number of ether oxygens (including phenoxy) is 3. The monoisotopic (exact) mass is 280 g/mol. The number of aliphatic carboxylic acids is 1. The van der Waals surface area contributed by atoms with E-state index in [4.69, 9.17) is 19.3 Å². The molecule has 0 aliphatic rings. The van der Waals surface area contributed by atoms with E-state index in [2.05, 4.69) is 0 Å². The van der Waals surface area contributed by atoms with Crippen molar-refractivity contribution in [1.29, 1.82) is 0 Å². The highest BCUT2D eigenvalue weighted by Gasteiger charge is 2.15. The van der Waals surface area contributed by atoms with Gasteiger partial charge in [-0.3, -0.25) is 0 Å². The third kappa shape index (κ3) is 4.19. The number of rotatable bonds is 8. The van der Waals surface area contributed by atoms with E-state index in [1.165, 1.54) is 6.08 Å². The molecule has 0 spiro atoms. The van der Waals surface area contributed by atoms with Crippen molar-refractivity contribution in [1.82, 2.24) is 0 Å². The van der Waals surface area contributed by atoms with Crippen LogP contribution in [0, 0.1) is 0 Å². The van der Waals surface area contributed by atoms with Crippen LogP contribution >= 0.6 is 0 Å². The SMILES string of the molecule is CCOc1ccc(OCC)c(OCC)c1C=CC(=O)O. The summed E-state index contributed by atoms with van der Waals surface area (Å²) in [4.78, 5) is 10.7. The standard InChI is InChI=1S/C15H20O5/c1-4-18-12-8-9-13(19-5-2)15(20-6-3)11(12)7-10-14(16)17/h7-10H,4-6H2,1-3H3,(H,16,17). The summed E-state index contributed by atoms with van der Waals surface area (Å²) >= 11 is 0. The molecule has 1 N–H and O–H groups in total. The van der Waals surface area contributed by atoms with Crippen LogP contribution in [0.15, 0.2) is 18.2 Å². The number of carboxylic acids is 1. The van der Waals surface area contributed by atoms with Gasteiger partial charge >= 0.3 is 5.97 Å². The smallest absolute Gasteiger partial charge is 0.328 e. The zero-order valence-corrected chi connectivity index (χ0v) is 12.0. The van der Waals surface area contributed by atoms with Crippen LogP contribution in [0.4, 0.5) is 0 Å². The van der Waals surface area contributed by atoms with Gasteiger partial charge in [-0.1, -0.05) is 0 Å². The van der Waals surface area contributed by atoms with Crippen LogP contribution in [0.5, 0.6) is 17.2 Å². The van der Waals surface area contributed by atoms with Crippen molar-refractivity contribution >= 4 is 12.0 Å². The fraction of sp³-hybridized carbons (Fsp3) is 0.400. The second kappa shape index (κ2) is 8.09. The molecule has 0 saturated heterocycles. The molecule has 0 saturated carbocycles. The molecule has 1 rings (SSSR count). The van der Waals surface area contributed by atoms with E-state index >= 15 is 0 Å². The fourth-order valence-corrected chi connectivity index (χ4v) is 1.72. The van der Waals surface area contributed by atoms with Gasteiger partial charge in [-0.25, -0.2) is 4.79 Å². The Morgan fingerprint density at radius 2 is 1.60 bits per heavy atom. The molecule has 1 aromatic carbocycles. The Labute approximate surface area is 118 Å². The van der Waals surface area contributed by atoms with Crippen molar-refractivity contribution in [2.75, 3.05) is 19.8 Å². The summed E-state index contributed by atoms with van der Waals surface area (Å²) in [5, 5.41) is 8.79. The molecule has 0 radical (unpaired) electrons. The largest absolute Gasteiger partial charge is 0.493 e. The number of benzene rings is 1. The van der Waals surface area contributed by atoms with Crippen molar-refractivity contribution in [2.24, 2.45) is 0 Å². The first-order valence-corrected chi connectivity index (χ1v) is 6.60. The number of hydrogen-bond acceptors (Lipinski definition) is 4. The Morgan fingerprint density at radius 3 is 2.15 bits per heavy atom. The maximum atomic E-state index is 10.7. The van der Waals surface area contributed by atoms with E-state index in [1.807, 2.05) is 20.8 Å². The second-order valence-corrected chi connectivity index (χ2v) is 3.78. The van der Waals surface area contributed by atoms with Crippen molar-refractivity contribution in [2.45, 2.75) is 20.8 Å². The molecule has 0 fully saturated rings. The van der Waals surface area contributed by atoms with Gasteiger partial charge in [0, 0.05) is 6.08 Å². The molecule has 0 unspecified atom stereocenters. The highest BCUT2D eigenvalue weighted by Crippen LogP contribution is 2.38. The maximum Gasteiger partial charge on any atom is 0.328 e. The number of hydrogen-bond donors (Lipinski definition) is 1. The lowest BCUT2D eigenvalue weighted by Crippen LogP contribution is -2.03. The van der Waals surface area contributed by atoms with Crippen LogP contribution < -0.4 is 14.2 Å². The zero-order valence-electron chi connectivity index (χ0n) is 12.0. The number of carboxylic acid groups (broad SMARTS) is 1. The van der Waals surface area contributed by atoms with Crippen molar-refractivity contribution in [3.8, 4) is 17.2 Å². The molecular weight excluding hydrogens is 260 g/mol. The molecule has 0 aliphatic heterocycles. The normalized spacial score (nSPS) is 10.6. The van der Waals surface area contributed by atoms with Crippen LogP contribution in [-0.2, 0) is 4.79 Å². The molecule has 0 aliphatic carbocycles. The molecule has 0 bridgehead atoms. The minimum absolute atomic E-state index is 0.448. The molecule has 5 heteroatoms. The Morgan fingerprint density at radius 1 is 1.05 bits per heavy atom. The summed E-state index contributed by atoms with van der Waals surface area (Å²) in [7, 11) is 0. The topological polar surface area (TPSA) is 65.0 Å².